The van der Waals surface area contributed by atoms with Crippen LogP contribution in [0.4, 0.5) is 18.9 Å². The van der Waals surface area contributed by atoms with Crippen molar-refractivity contribution in [2.75, 3.05) is 5.73 Å². The lowest BCUT2D eigenvalue weighted by atomic mass is 9.86. The number of allylic oxidation sites excluding steroid dienone is 4. The van der Waals surface area contributed by atoms with E-state index in [1.165, 1.54) is 25.3 Å². The van der Waals surface area contributed by atoms with Gasteiger partial charge in [-0.3, -0.25) is 0 Å². The van der Waals surface area contributed by atoms with Crippen LogP contribution in [0.15, 0.2) is 83.8 Å². The van der Waals surface area contributed by atoms with Crippen molar-refractivity contribution in [3.8, 4) is 0 Å². The van der Waals surface area contributed by atoms with Crippen LogP contribution in [0.25, 0.3) is 5.70 Å². The number of nitrogens with two attached hydrogens (primary N) is 3. The van der Waals surface area contributed by atoms with Crippen molar-refractivity contribution >= 4 is 17.2 Å². The molecule has 6 nitrogen and oxygen atoms in total. The highest BCUT2D eigenvalue weighted by molar-refractivity contribution is 5.93. The number of nitrogens with one attached hydrogen (secondary N) is 1. The SMILES string of the molecule is C=C/C(NC(=C)c1nc(C2CCCCC2)ccc1N)=C(\C=C/C)C(/N)=C/C(N)=NC(=C)C(F)(F)F. The van der Waals surface area contributed by atoms with Gasteiger partial charge in [0.05, 0.1) is 11.4 Å². The van der Waals surface area contributed by atoms with Gasteiger partial charge in [-0.2, -0.15) is 13.2 Å². The third-order valence-corrected chi connectivity index (χ3v) is 5.58. The largest absolute Gasteiger partial charge is 0.432 e. The molecule has 7 N–H and O–H groups in total. The highest BCUT2D eigenvalue weighted by Crippen LogP contribution is 2.33. The molecule has 1 aliphatic carbocycles. The number of hydrogen-bond donors (Lipinski definition) is 4. The molecule has 1 heterocycles. The molecule has 1 aromatic heterocycles. The molecule has 1 fully saturated rings. The minimum absolute atomic E-state index is 0.0615. The zero-order valence-corrected chi connectivity index (χ0v) is 20.0. The Kier molecular flexibility index (Phi) is 9.50. The van der Waals surface area contributed by atoms with Gasteiger partial charge in [0.1, 0.15) is 17.2 Å². The predicted molar refractivity (Wildman–Crippen MR) is 138 cm³/mol. The summed E-state index contributed by atoms with van der Waals surface area (Å²) in [5.74, 6) is -0.0589. The summed E-state index contributed by atoms with van der Waals surface area (Å²) in [5.41, 5.74) is 20.0. The van der Waals surface area contributed by atoms with Crippen LogP contribution in [-0.4, -0.2) is 17.0 Å². The summed E-state index contributed by atoms with van der Waals surface area (Å²) in [6.45, 7) is 12.5. The summed E-state index contributed by atoms with van der Waals surface area (Å²) in [7, 11) is 0. The Hall–Kier alpha value is -3.75. The molecular weight excluding hydrogens is 453 g/mol. The molecule has 1 aromatic rings. The second-order valence-electron chi connectivity index (χ2n) is 8.22. The van der Waals surface area contributed by atoms with Gasteiger partial charge in [0.2, 0.25) is 0 Å². The number of nitrogen functional groups attached to an aromatic ring is 1. The first kappa shape index (κ1) is 27.5. The van der Waals surface area contributed by atoms with Crippen molar-refractivity contribution in [2.24, 2.45) is 16.5 Å². The maximum atomic E-state index is 12.7. The molecule has 0 amide bonds. The average Bonchev–Trinajstić information content (AvgIpc) is 2.81. The Morgan fingerprint density at radius 3 is 2.40 bits per heavy atom. The topological polar surface area (TPSA) is 115 Å². The predicted octanol–water partition coefficient (Wildman–Crippen LogP) is 5.56. The Balaban J connectivity index is 2.38. The molecule has 0 saturated heterocycles. The second-order valence-corrected chi connectivity index (χ2v) is 8.22. The van der Waals surface area contributed by atoms with E-state index in [0.717, 1.165) is 24.6 Å². The highest BCUT2D eigenvalue weighted by Gasteiger charge is 2.32. The van der Waals surface area contributed by atoms with Gasteiger partial charge in [-0.15, -0.1) is 0 Å². The number of pyridine rings is 1. The van der Waals surface area contributed by atoms with Crippen molar-refractivity contribution in [3.05, 3.63) is 90.2 Å². The lowest BCUT2D eigenvalue weighted by Gasteiger charge is -2.22. The lowest BCUT2D eigenvalue weighted by molar-refractivity contribution is -0.0919. The summed E-state index contributed by atoms with van der Waals surface area (Å²) in [6, 6.07) is 3.78. The van der Waals surface area contributed by atoms with Crippen LogP contribution >= 0.6 is 0 Å². The molecular formula is C26H33F3N6. The van der Waals surface area contributed by atoms with Crippen LogP contribution in [0.5, 0.6) is 0 Å². The van der Waals surface area contributed by atoms with Gasteiger partial charge in [-0.05, 0) is 38.0 Å². The smallest absolute Gasteiger partial charge is 0.398 e. The summed E-state index contributed by atoms with van der Waals surface area (Å²) in [6.07, 6.45) is 7.07. The number of amidine groups is 1. The van der Waals surface area contributed by atoms with Crippen LogP contribution in [0.1, 0.15) is 56.3 Å². The molecule has 0 aliphatic heterocycles. The number of halogens is 3. The summed E-state index contributed by atoms with van der Waals surface area (Å²) in [5, 5.41) is 3.13. The fourth-order valence-electron chi connectivity index (χ4n) is 3.80. The molecule has 188 valence electrons. The molecule has 0 unspecified atom stereocenters. The van der Waals surface area contributed by atoms with E-state index >= 15 is 0 Å². The van der Waals surface area contributed by atoms with Gasteiger partial charge in [0, 0.05) is 34.7 Å². The number of hydrogen-bond acceptors (Lipinski definition) is 5. The summed E-state index contributed by atoms with van der Waals surface area (Å²) in [4.78, 5) is 8.05. The first-order valence-corrected chi connectivity index (χ1v) is 11.3. The van der Waals surface area contributed by atoms with E-state index in [1.54, 1.807) is 19.1 Å². The number of alkyl halides is 3. The quantitative estimate of drug-likeness (QED) is 0.207. The van der Waals surface area contributed by atoms with Crippen LogP contribution in [0.2, 0.25) is 0 Å². The van der Waals surface area contributed by atoms with Gasteiger partial charge < -0.3 is 22.5 Å². The second kappa shape index (κ2) is 12.1. The zero-order chi connectivity index (χ0) is 26.2. The molecule has 0 atom stereocenters. The van der Waals surface area contributed by atoms with Crippen molar-refractivity contribution in [1.29, 1.82) is 0 Å². The Labute approximate surface area is 204 Å². The van der Waals surface area contributed by atoms with Gasteiger partial charge in [0.25, 0.3) is 0 Å². The molecule has 0 aromatic carbocycles. The monoisotopic (exact) mass is 486 g/mol. The Morgan fingerprint density at radius 1 is 1.17 bits per heavy atom. The van der Waals surface area contributed by atoms with E-state index in [9.17, 15) is 13.2 Å². The number of rotatable bonds is 9. The van der Waals surface area contributed by atoms with Crippen molar-refractivity contribution in [1.82, 2.24) is 10.3 Å². The van der Waals surface area contributed by atoms with E-state index in [0.29, 0.717) is 34.3 Å². The minimum Gasteiger partial charge on any atom is -0.398 e. The summed E-state index contributed by atoms with van der Waals surface area (Å²) >= 11 is 0. The van der Waals surface area contributed by atoms with Crippen molar-refractivity contribution in [2.45, 2.75) is 51.1 Å². The molecule has 35 heavy (non-hydrogen) atoms. The van der Waals surface area contributed by atoms with E-state index in [2.05, 4.69) is 30.0 Å². The maximum absolute atomic E-state index is 12.7. The zero-order valence-electron chi connectivity index (χ0n) is 20.0. The lowest BCUT2D eigenvalue weighted by Crippen LogP contribution is -2.19. The first-order valence-electron chi connectivity index (χ1n) is 11.3. The molecule has 0 bridgehead atoms. The van der Waals surface area contributed by atoms with E-state index < -0.39 is 17.7 Å². The third kappa shape index (κ3) is 7.63. The van der Waals surface area contributed by atoms with Crippen LogP contribution < -0.4 is 22.5 Å². The molecule has 0 spiro atoms. The molecule has 9 heteroatoms. The number of aromatic nitrogens is 1. The van der Waals surface area contributed by atoms with Gasteiger partial charge in [-0.1, -0.05) is 51.2 Å². The highest BCUT2D eigenvalue weighted by atomic mass is 19.4. The fraction of sp³-hybridized carbons (Fsp3) is 0.308. The summed E-state index contributed by atoms with van der Waals surface area (Å²) < 4.78 is 38.1. The van der Waals surface area contributed by atoms with Crippen molar-refractivity contribution < 1.29 is 13.2 Å². The molecule has 0 radical (unpaired) electrons. The fourth-order valence-corrected chi connectivity index (χ4v) is 3.80. The average molecular weight is 487 g/mol. The Morgan fingerprint density at radius 2 is 1.83 bits per heavy atom. The van der Waals surface area contributed by atoms with Crippen molar-refractivity contribution in [3.63, 3.8) is 0 Å². The third-order valence-electron chi connectivity index (χ3n) is 5.58. The normalized spacial score (nSPS) is 16.7. The van der Waals surface area contributed by atoms with Gasteiger partial charge in [0.15, 0.2) is 0 Å². The first-order chi connectivity index (χ1) is 16.5. The number of nitrogens with zero attached hydrogens (tertiary/aromatic N) is 2. The van der Waals surface area contributed by atoms with E-state index in [1.807, 2.05) is 12.1 Å². The maximum Gasteiger partial charge on any atom is 0.432 e. The van der Waals surface area contributed by atoms with E-state index in [-0.39, 0.29) is 5.70 Å². The van der Waals surface area contributed by atoms with Gasteiger partial charge in [-0.25, -0.2) is 9.98 Å². The molecule has 2 rings (SSSR count). The number of aliphatic imine (C=N–C) groups is 1. The molecule has 1 aliphatic rings. The minimum atomic E-state index is -4.69. The van der Waals surface area contributed by atoms with Crippen LogP contribution in [0.3, 0.4) is 0 Å². The van der Waals surface area contributed by atoms with E-state index in [4.69, 9.17) is 22.2 Å². The standard InChI is InChI=1S/C26H33F3N6/c1-5-10-19(21(31)15-24(32)34-17(4)26(27,28)29)22(6-2)33-16(3)25-20(30)13-14-23(35-25)18-11-8-7-9-12-18/h5-6,10,13-15,18,33H,2-4,7-9,11-12,30-31H2,1H3,(H2,32,34)/b10-5-,21-15-,22-19-. The van der Waals surface area contributed by atoms with Gasteiger partial charge >= 0.3 is 6.18 Å². The van der Waals surface area contributed by atoms with Crippen LogP contribution in [-0.2, 0) is 0 Å². The van der Waals surface area contributed by atoms with Crippen LogP contribution in [0, 0.1) is 0 Å². The Bertz CT molecular complexity index is 1090. The molecule has 1 saturated carbocycles. The number of anilines is 1.